The van der Waals surface area contributed by atoms with Gasteiger partial charge in [0.25, 0.3) is 0 Å². The molecule has 1 aromatic carbocycles. The van der Waals surface area contributed by atoms with Gasteiger partial charge in [-0.3, -0.25) is 9.78 Å². The number of carbonyl (C=O) groups excluding carboxylic acids is 1. The number of amides is 1. The summed E-state index contributed by atoms with van der Waals surface area (Å²) >= 11 is 1.29. The number of pyridine rings is 1. The van der Waals surface area contributed by atoms with Crippen molar-refractivity contribution in [2.45, 2.75) is 36.2 Å². The molecule has 0 saturated carbocycles. The largest absolute Gasteiger partial charge is 0.360 e. The standard InChI is InChI=1S/C21H21FN4O3S2/c22-16-10-23-8-6-18(16)26-14-4-5-15(26)12-25(11-14)20(27)7-9-31(28,29)19-3-1-2-17-21(19)30-13-24-17/h1-3,6,8,10,13-15H,4-5,7,9,11-12H2. The first-order chi connectivity index (χ1) is 14.9. The first kappa shape index (κ1) is 20.3. The highest BCUT2D eigenvalue weighted by atomic mass is 32.2. The van der Waals surface area contributed by atoms with E-state index < -0.39 is 9.84 Å². The van der Waals surface area contributed by atoms with E-state index in [9.17, 15) is 17.6 Å². The van der Waals surface area contributed by atoms with Crippen LogP contribution >= 0.6 is 11.3 Å². The topological polar surface area (TPSA) is 83.5 Å². The molecule has 10 heteroatoms. The summed E-state index contributed by atoms with van der Waals surface area (Å²) in [5.41, 5.74) is 2.79. The molecule has 31 heavy (non-hydrogen) atoms. The van der Waals surface area contributed by atoms with E-state index in [1.54, 1.807) is 40.9 Å². The van der Waals surface area contributed by atoms with Gasteiger partial charge in [-0.2, -0.15) is 0 Å². The average molecular weight is 461 g/mol. The molecule has 2 aliphatic rings. The summed E-state index contributed by atoms with van der Waals surface area (Å²) in [6.07, 6.45) is 4.47. The van der Waals surface area contributed by atoms with Gasteiger partial charge < -0.3 is 9.80 Å². The second-order valence-electron chi connectivity index (χ2n) is 7.94. The third kappa shape index (κ3) is 3.67. The first-order valence-corrected chi connectivity index (χ1v) is 12.7. The van der Waals surface area contributed by atoms with Crippen LogP contribution in [0.1, 0.15) is 19.3 Å². The number of carbonyl (C=O) groups is 1. The molecule has 0 spiro atoms. The van der Waals surface area contributed by atoms with Crippen molar-refractivity contribution in [3.05, 3.63) is 48.0 Å². The molecule has 2 unspecified atom stereocenters. The average Bonchev–Trinajstić information content (AvgIpc) is 3.34. The molecule has 2 bridgehead atoms. The van der Waals surface area contributed by atoms with Crippen molar-refractivity contribution in [3.8, 4) is 0 Å². The van der Waals surface area contributed by atoms with Gasteiger partial charge >= 0.3 is 0 Å². The van der Waals surface area contributed by atoms with E-state index in [1.165, 1.54) is 17.5 Å². The molecule has 2 saturated heterocycles. The van der Waals surface area contributed by atoms with E-state index in [0.717, 1.165) is 12.8 Å². The number of hydrogen-bond donors (Lipinski definition) is 0. The molecular formula is C21H21FN4O3S2. The minimum atomic E-state index is -3.61. The van der Waals surface area contributed by atoms with Crippen molar-refractivity contribution in [1.82, 2.24) is 14.9 Å². The molecule has 162 valence electrons. The Hall–Kier alpha value is -2.59. The van der Waals surface area contributed by atoms with Crippen molar-refractivity contribution in [1.29, 1.82) is 0 Å². The van der Waals surface area contributed by atoms with Crippen molar-refractivity contribution >= 4 is 43.0 Å². The molecule has 7 nitrogen and oxygen atoms in total. The number of likely N-dealkylation sites (tertiary alicyclic amines) is 1. The fourth-order valence-corrected chi connectivity index (χ4v) is 7.23. The van der Waals surface area contributed by atoms with Gasteiger partial charge in [-0.15, -0.1) is 11.3 Å². The minimum Gasteiger partial charge on any atom is -0.360 e. The van der Waals surface area contributed by atoms with Crippen molar-refractivity contribution in [2.75, 3.05) is 23.7 Å². The quantitative estimate of drug-likeness (QED) is 0.582. The second kappa shape index (κ2) is 7.83. The maximum atomic E-state index is 14.3. The predicted molar refractivity (Wildman–Crippen MR) is 116 cm³/mol. The van der Waals surface area contributed by atoms with Gasteiger partial charge in [0.15, 0.2) is 15.7 Å². The lowest BCUT2D eigenvalue weighted by atomic mass is 10.1. The van der Waals surface area contributed by atoms with Crippen LogP contribution in [-0.2, 0) is 14.6 Å². The molecule has 2 aromatic heterocycles. The van der Waals surface area contributed by atoms with Crippen LogP contribution in [0.25, 0.3) is 10.2 Å². The lowest BCUT2D eigenvalue weighted by Gasteiger charge is -2.42. The fraction of sp³-hybridized carbons (Fsp3) is 0.381. The SMILES string of the molecule is O=C(CCS(=O)(=O)c1cccc2ncsc12)N1CC2CCC(C1)N2c1ccncc1F. The smallest absolute Gasteiger partial charge is 0.223 e. The van der Waals surface area contributed by atoms with Crippen LogP contribution in [0.5, 0.6) is 0 Å². The molecule has 0 N–H and O–H groups in total. The summed E-state index contributed by atoms with van der Waals surface area (Å²) in [4.78, 5) is 24.9. The number of rotatable bonds is 5. The number of aromatic nitrogens is 2. The van der Waals surface area contributed by atoms with Crippen molar-refractivity contribution in [3.63, 3.8) is 0 Å². The number of nitrogens with zero attached hydrogens (tertiary/aromatic N) is 4. The Morgan fingerprint density at radius 3 is 2.71 bits per heavy atom. The van der Waals surface area contributed by atoms with Gasteiger partial charge in [-0.05, 0) is 31.0 Å². The summed E-state index contributed by atoms with van der Waals surface area (Å²) in [5.74, 6) is -0.772. The number of fused-ring (bicyclic) bond motifs is 3. The van der Waals surface area contributed by atoms with Crippen LogP contribution in [0.4, 0.5) is 10.1 Å². The van der Waals surface area contributed by atoms with Gasteiger partial charge in [-0.1, -0.05) is 6.07 Å². The summed E-state index contributed by atoms with van der Waals surface area (Å²) in [7, 11) is -3.61. The molecule has 4 heterocycles. The van der Waals surface area contributed by atoms with Gasteiger partial charge in [-0.25, -0.2) is 17.8 Å². The molecule has 3 aromatic rings. The molecule has 0 radical (unpaired) electrons. The molecule has 1 amide bonds. The van der Waals surface area contributed by atoms with E-state index >= 15 is 0 Å². The predicted octanol–water partition coefficient (Wildman–Crippen LogP) is 2.87. The van der Waals surface area contributed by atoms with Crippen LogP contribution in [0.2, 0.25) is 0 Å². The number of piperazine rings is 1. The third-order valence-electron chi connectivity index (χ3n) is 6.10. The molecule has 2 atom stereocenters. The molecule has 2 aliphatic heterocycles. The Balaban J connectivity index is 1.27. The van der Waals surface area contributed by atoms with Crippen molar-refractivity contribution < 1.29 is 17.6 Å². The molecular weight excluding hydrogens is 439 g/mol. The molecule has 0 aliphatic carbocycles. The maximum absolute atomic E-state index is 14.3. The van der Waals surface area contributed by atoms with E-state index in [4.69, 9.17) is 0 Å². The number of halogens is 1. The van der Waals surface area contributed by atoms with Gasteiger partial charge in [0, 0.05) is 37.8 Å². The number of benzene rings is 1. The summed E-state index contributed by atoms with van der Waals surface area (Å²) in [5, 5.41) is 0. The lowest BCUT2D eigenvalue weighted by Crippen LogP contribution is -2.55. The highest BCUT2D eigenvalue weighted by molar-refractivity contribution is 7.91. The van der Waals surface area contributed by atoms with Gasteiger partial charge in [0.2, 0.25) is 5.91 Å². The number of anilines is 1. The van der Waals surface area contributed by atoms with Crippen LogP contribution in [0.15, 0.2) is 47.1 Å². The number of hydrogen-bond acceptors (Lipinski definition) is 7. The first-order valence-electron chi connectivity index (χ1n) is 10.1. The highest BCUT2D eigenvalue weighted by Gasteiger charge is 2.42. The normalized spacial score (nSPS) is 21.1. The monoisotopic (exact) mass is 460 g/mol. The van der Waals surface area contributed by atoms with Gasteiger partial charge in [0.1, 0.15) is 0 Å². The van der Waals surface area contributed by atoms with Gasteiger partial charge in [0.05, 0.1) is 38.3 Å². The fourth-order valence-electron chi connectivity index (χ4n) is 4.67. The van der Waals surface area contributed by atoms with E-state index in [1.807, 2.05) is 0 Å². The number of thiazole rings is 1. The van der Waals surface area contributed by atoms with E-state index in [-0.39, 0.29) is 40.9 Å². The highest BCUT2D eigenvalue weighted by Crippen LogP contribution is 2.36. The van der Waals surface area contributed by atoms with Crippen LogP contribution in [0, 0.1) is 5.82 Å². The van der Waals surface area contributed by atoms with Crippen molar-refractivity contribution in [2.24, 2.45) is 0 Å². The van der Waals surface area contributed by atoms with E-state index in [2.05, 4.69) is 14.9 Å². The molecule has 5 rings (SSSR count). The van der Waals surface area contributed by atoms with E-state index in [0.29, 0.717) is 29.0 Å². The summed E-state index contributed by atoms with van der Waals surface area (Å²) < 4.78 is 40.7. The zero-order valence-electron chi connectivity index (χ0n) is 16.6. The number of sulfone groups is 1. The zero-order chi connectivity index (χ0) is 21.6. The van der Waals surface area contributed by atoms with Crippen LogP contribution in [0.3, 0.4) is 0 Å². The maximum Gasteiger partial charge on any atom is 0.223 e. The Morgan fingerprint density at radius 2 is 1.97 bits per heavy atom. The van der Waals surface area contributed by atoms with Crippen LogP contribution in [-0.4, -0.2) is 60.1 Å². The summed E-state index contributed by atoms with van der Waals surface area (Å²) in [6, 6.07) is 6.75. The Morgan fingerprint density at radius 1 is 1.19 bits per heavy atom. The Bertz CT molecular complexity index is 1230. The Labute approximate surface area is 183 Å². The van der Waals surface area contributed by atoms with Crippen LogP contribution < -0.4 is 4.90 Å². The third-order valence-corrected chi connectivity index (χ3v) is 8.86. The zero-order valence-corrected chi connectivity index (χ0v) is 18.3. The Kier molecular flexibility index (Phi) is 5.13. The second-order valence-corrected chi connectivity index (χ2v) is 10.9. The summed E-state index contributed by atoms with van der Waals surface area (Å²) in [6.45, 7) is 0.948. The minimum absolute atomic E-state index is 0.0298. The lowest BCUT2D eigenvalue weighted by molar-refractivity contribution is -0.131. The molecule has 2 fully saturated rings.